The van der Waals surface area contributed by atoms with E-state index < -0.39 is 0 Å². The maximum atomic E-state index is 5.26. The van der Waals surface area contributed by atoms with E-state index >= 15 is 0 Å². The molecule has 3 heteroatoms. The number of rotatable bonds is 6. The standard InChI is InChI=1S/C51H33N3/c1-2-12-38-28-40(27-22-34(38)10-1)39-15-7-17-42(29-39)50-31-49(37-25-23-36(24-26-37)48-33-52-32-44-13-4-6-20-47(44)48)53-51(54-50)43-18-8-16-41(30-43)46-21-9-14-35-11-3-5-19-45(35)46/h1-33H. The minimum atomic E-state index is 0.683. The Balaban J connectivity index is 1.10. The molecule has 0 unspecified atom stereocenters. The monoisotopic (exact) mass is 687 g/mol. The normalized spacial score (nSPS) is 11.3. The second-order valence-electron chi connectivity index (χ2n) is 13.7. The molecule has 54 heavy (non-hydrogen) atoms. The van der Waals surface area contributed by atoms with Crippen LogP contribution in [0.25, 0.3) is 99.6 Å². The maximum Gasteiger partial charge on any atom is 0.160 e. The van der Waals surface area contributed by atoms with Crippen LogP contribution in [0, 0.1) is 0 Å². The van der Waals surface area contributed by atoms with Crippen LogP contribution in [0.4, 0.5) is 0 Å². The first kappa shape index (κ1) is 31.5. The fourth-order valence-corrected chi connectivity index (χ4v) is 7.57. The maximum absolute atomic E-state index is 5.26. The van der Waals surface area contributed by atoms with Crippen molar-refractivity contribution in [3.05, 3.63) is 200 Å². The van der Waals surface area contributed by atoms with Crippen molar-refractivity contribution in [2.45, 2.75) is 0 Å². The summed E-state index contributed by atoms with van der Waals surface area (Å²) >= 11 is 0. The number of pyridine rings is 1. The van der Waals surface area contributed by atoms with Crippen molar-refractivity contribution in [3.8, 4) is 67.3 Å². The molecule has 0 N–H and O–H groups in total. The van der Waals surface area contributed by atoms with Crippen molar-refractivity contribution in [2.24, 2.45) is 0 Å². The first-order valence-electron chi connectivity index (χ1n) is 18.2. The van der Waals surface area contributed by atoms with Gasteiger partial charge in [-0.25, -0.2) is 9.97 Å². The van der Waals surface area contributed by atoms with Gasteiger partial charge in [0.15, 0.2) is 5.82 Å². The van der Waals surface area contributed by atoms with E-state index in [1.807, 2.05) is 12.4 Å². The van der Waals surface area contributed by atoms with Crippen LogP contribution in [-0.4, -0.2) is 15.0 Å². The van der Waals surface area contributed by atoms with Gasteiger partial charge < -0.3 is 0 Å². The van der Waals surface area contributed by atoms with Crippen molar-refractivity contribution in [1.29, 1.82) is 0 Å². The second-order valence-corrected chi connectivity index (χ2v) is 13.7. The van der Waals surface area contributed by atoms with E-state index in [1.165, 1.54) is 38.1 Å². The summed E-state index contributed by atoms with van der Waals surface area (Å²) in [6, 6.07) is 66.6. The Hall–Kier alpha value is -7.23. The van der Waals surface area contributed by atoms with Crippen LogP contribution in [-0.2, 0) is 0 Å². The topological polar surface area (TPSA) is 38.7 Å². The third-order valence-electron chi connectivity index (χ3n) is 10.3. The van der Waals surface area contributed by atoms with E-state index in [2.05, 4.69) is 193 Å². The minimum Gasteiger partial charge on any atom is -0.263 e. The molecule has 252 valence electrons. The molecule has 0 saturated heterocycles. The van der Waals surface area contributed by atoms with Gasteiger partial charge >= 0.3 is 0 Å². The molecule has 0 spiro atoms. The molecular weight excluding hydrogens is 655 g/mol. The molecule has 2 heterocycles. The van der Waals surface area contributed by atoms with Crippen LogP contribution < -0.4 is 0 Å². The number of nitrogens with zero attached hydrogens (tertiary/aromatic N) is 3. The zero-order valence-corrected chi connectivity index (χ0v) is 29.4. The van der Waals surface area contributed by atoms with Crippen molar-refractivity contribution < 1.29 is 0 Å². The van der Waals surface area contributed by atoms with Gasteiger partial charge in [0.25, 0.3) is 0 Å². The molecule has 0 radical (unpaired) electrons. The number of aromatic nitrogens is 3. The van der Waals surface area contributed by atoms with E-state index in [4.69, 9.17) is 9.97 Å². The first-order valence-corrected chi connectivity index (χ1v) is 18.2. The molecule has 0 aliphatic heterocycles. The summed E-state index contributed by atoms with van der Waals surface area (Å²) in [4.78, 5) is 15.0. The SMILES string of the molecule is c1cc(-c2ccc3ccccc3c2)cc(-c2cc(-c3ccc(-c4cncc5ccccc45)cc3)nc(-c3cccc(-c4cccc5ccccc45)c3)n2)c1. The highest BCUT2D eigenvalue weighted by Gasteiger charge is 2.14. The minimum absolute atomic E-state index is 0.683. The molecule has 10 rings (SSSR count). The van der Waals surface area contributed by atoms with Gasteiger partial charge in [0.1, 0.15) is 0 Å². The number of benzene rings is 8. The predicted octanol–water partition coefficient (Wildman–Crippen LogP) is 13.3. The molecule has 8 aromatic carbocycles. The first-order chi connectivity index (χ1) is 26.7. The Bertz CT molecular complexity index is 2990. The van der Waals surface area contributed by atoms with Gasteiger partial charge in [-0.15, -0.1) is 0 Å². The van der Waals surface area contributed by atoms with Crippen LogP contribution in [0.1, 0.15) is 0 Å². The largest absolute Gasteiger partial charge is 0.263 e. The highest BCUT2D eigenvalue weighted by Crippen LogP contribution is 2.35. The third-order valence-corrected chi connectivity index (χ3v) is 10.3. The summed E-state index contributed by atoms with van der Waals surface area (Å²) in [5, 5.41) is 7.20. The predicted molar refractivity (Wildman–Crippen MR) is 225 cm³/mol. The summed E-state index contributed by atoms with van der Waals surface area (Å²) in [7, 11) is 0. The van der Waals surface area contributed by atoms with Crippen LogP contribution in [0.15, 0.2) is 200 Å². The lowest BCUT2D eigenvalue weighted by molar-refractivity contribution is 1.18. The Labute approximate surface area is 313 Å². The molecule has 0 aliphatic carbocycles. The molecule has 2 aromatic heterocycles. The van der Waals surface area contributed by atoms with Gasteiger partial charge in [-0.2, -0.15) is 0 Å². The summed E-state index contributed by atoms with van der Waals surface area (Å²) in [6.45, 7) is 0. The van der Waals surface area contributed by atoms with Gasteiger partial charge in [-0.3, -0.25) is 4.98 Å². The lowest BCUT2D eigenvalue weighted by Crippen LogP contribution is -1.96. The fraction of sp³-hybridized carbons (Fsp3) is 0. The zero-order valence-electron chi connectivity index (χ0n) is 29.4. The fourth-order valence-electron chi connectivity index (χ4n) is 7.57. The Morgan fingerprint density at radius 2 is 0.833 bits per heavy atom. The molecule has 0 fully saturated rings. The number of hydrogen-bond acceptors (Lipinski definition) is 3. The van der Waals surface area contributed by atoms with Crippen LogP contribution >= 0.6 is 0 Å². The second kappa shape index (κ2) is 13.4. The highest BCUT2D eigenvalue weighted by molar-refractivity contribution is 5.98. The average molecular weight is 688 g/mol. The van der Waals surface area contributed by atoms with E-state index in [9.17, 15) is 0 Å². The summed E-state index contributed by atoms with van der Waals surface area (Å²) < 4.78 is 0. The Kier molecular flexibility index (Phi) is 7.81. The quantitative estimate of drug-likeness (QED) is 0.175. The number of hydrogen-bond donors (Lipinski definition) is 0. The van der Waals surface area contributed by atoms with E-state index in [0.29, 0.717) is 5.82 Å². The lowest BCUT2D eigenvalue weighted by Gasteiger charge is -2.13. The molecule has 3 nitrogen and oxygen atoms in total. The van der Waals surface area contributed by atoms with Gasteiger partial charge in [0, 0.05) is 40.0 Å². The molecular formula is C51H33N3. The summed E-state index contributed by atoms with van der Waals surface area (Å²) in [5.74, 6) is 0.683. The zero-order chi connectivity index (χ0) is 35.8. The van der Waals surface area contributed by atoms with E-state index in [-0.39, 0.29) is 0 Å². The van der Waals surface area contributed by atoms with E-state index in [0.717, 1.165) is 55.7 Å². The smallest absolute Gasteiger partial charge is 0.160 e. The van der Waals surface area contributed by atoms with Crippen LogP contribution in [0.2, 0.25) is 0 Å². The van der Waals surface area contributed by atoms with Crippen LogP contribution in [0.5, 0.6) is 0 Å². The molecule has 0 aliphatic rings. The summed E-state index contributed by atoms with van der Waals surface area (Å²) in [6.07, 6.45) is 3.87. The molecule has 0 bridgehead atoms. The third kappa shape index (κ3) is 5.88. The van der Waals surface area contributed by atoms with Crippen LogP contribution in [0.3, 0.4) is 0 Å². The lowest BCUT2D eigenvalue weighted by atomic mass is 9.96. The van der Waals surface area contributed by atoms with Crippen molar-refractivity contribution >= 4 is 32.3 Å². The molecule has 0 atom stereocenters. The summed E-state index contributed by atoms with van der Waals surface area (Å²) in [5.41, 5.74) is 11.6. The average Bonchev–Trinajstić information content (AvgIpc) is 3.26. The number of fused-ring (bicyclic) bond motifs is 3. The molecule has 10 aromatic rings. The van der Waals surface area contributed by atoms with Gasteiger partial charge in [0.2, 0.25) is 0 Å². The van der Waals surface area contributed by atoms with E-state index in [1.54, 1.807) is 0 Å². The van der Waals surface area contributed by atoms with Crippen molar-refractivity contribution in [3.63, 3.8) is 0 Å². The van der Waals surface area contributed by atoms with Crippen molar-refractivity contribution in [2.75, 3.05) is 0 Å². The van der Waals surface area contributed by atoms with Crippen molar-refractivity contribution in [1.82, 2.24) is 15.0 Å². The molecule has 0 amide bonds. The Morgan fingerprint density at radius 1 is 0.278 bits per heavy atom. The Morgan fingerprint density at radius 3 is 1.67 bits per heavy atom. The highest BCUT2D eigenvalue weighted by atomic mass is 14.9. The van der Waals surface area contributed by atoms with Gasteiger partial charge in [-0.1, -0.05) is 164 Å². The van der Waals surface area contributed by atoms with Gasteiger partial charge in [0.05, 0.1) is 11.4 Å². The molecule has 0 saturated carbocycles. The van der Waals surface area contributed by atoms with Gasteiger partial charge in [-0.05, 0) is 79.0 Å².